The third kappa shape index (κ3) is 5.86. The summed E-state index contributed by atoms with van der Waals surface area (Å²) < 4.78 is 0. The number of primary amides is 1. The second-order valence-corrected chi connectivity index (χ2v) is 7.75. The number of rotatable bonds is 7. The van der Waals surface area contributed by atoms with Crippen LogP contribution in [-0.4, -0.2) is 43.5 Å². The van der Waals surface area contributed by atoms with Crippen LogP contribution in [0.1, 0.15) is 24.0 Å². The largest absolute Gasteiger partial charge is 0.369 e. The Bertz CT molecular complexity index is 879. The number of aromatic nitrogens is 1. The summed E-state index contributed by atoms with van der Waals surface area (Å²) in [7, 11) is 1.75. The van der Waals surface area contributed by atoms with Gasteiger partial charge in [-0.2, -0.15) is 0 Å². The predicted molar refractivity (Wildman–Crippen MR) is 122 cm³/mol. The van der Waals surface area contributed by atoms with Crippen molar-refractivity contribution < 1.29 is 4.79 Å². The molecule has 4 N–H and O–H groups in total. The van der Waals surface area contributed by atoms with Crippen molar-refractivity contribution in [2.24, 2.45) is 16.6 Å². The van der Waals surface area contributed by atoms with Crippen LogP contribution >= 0.6 is 11.6 Å². The molecule has 2 aromatic rings. The van der Waals surface area contributed by atoms with Gasteiger partial charge in [0.05, 0.1) is 0 Å². The summed E-state index contributed by atoms with van der Waals surface area (Å²) in [5.41, 5.74) is 7.65. The van der Waals surface area contributed by atoms with Gasteiger partial charge in [0.1, 0.15) is 5.82 Å². The number of halogens is 1. The van der Waals surface area contributed by atoms with E-state index in [-0.39, 0.29) is 11.8 Å². The van der Waals surface area contributed by atoms with Crippen LogP contribution in [0.5, 0.6) is 0 Å². The van der Waals surface area contributed by atoms with Crippen LogP contribution in [0, 0.1) is 5.92 Å². The molecule has 0 saturated carbocycles. The van der Waals surface area contributed by atoms with E-state index in [1.165, 1.54) is 0 Å². The van der Waals surface area contributed by atoms with Crippen molar-refractivity contribution in [3.8, 4) is 0 Å². The third-order valence-corrected chi connectivity index (χ3v) is 5.75. The van der Waals surface area contributed by atoms with Gasteiger partial charge in [-0.25, -0.2) is 4.98 Å². The maximum Gasteiger partial charge on any atom is 0.220 e. The van der Waals surface area contributed by atoms with E-state index in [9.17, 15) is 4.79 Å². The van der Waals surface area contributed by atoms with Crippen molar-refractivity contribution in [3.05, 3.63) is 58.7 Å². The fourth-order valence-corrected chi connectivity index (χ4v) is 3.88. The molecule has 2 heterocycles. The van der Waals surface area contributed by atoms with Crippen molar-refractivity contribution >= 4 is 29.3 Å². The van der Waals surface area contributed by atoms with Crippen molar-refractivity contribution in [2.45, 2.75) is 25.8 Å². The zero-order valence-electron chi connectivity index (χ0n) is 17.3. The summed E-state index contributed by atoms with van der Waals surface area (Å²) in [6.07, 6.45) is 4.15. The molecule has 30 heavy (non-hydrogen) atoms. The molecule has 1 saturated heterocycles. The average molecular weight is 429 g/mol. The minimum absolute atomic E-state index is 0.0346. The number of amides is 1. The van der Waals surface area contributed by atoms with E-state index < -0.39 is 0 Å². The maximum absolute atomic E-state index is 11.4. The minimum Gasteiger partial charge on any atom is -0.369 e. The SMILES string of the molecule is CN=C(NCCc1ccccc1Cl)NCc1cccnc1N1CCC(C(N)=O)CC1. The fourth-order valence-electron chi connectivity index (χ4n) is 3.65. The highest BCUT2D eigenvalue weighted by molar-refractivity contribution is 6.31. The average Bonchev–Trinajstić information content (AvgIpc) is 2.77. The summed E-state index contributed by atoms with van der Waals surface area (Å²) >= 11 is 6.22. The molecule has 1 amide bonds. The molecule has 0 bridgehead atoms. The highest BCUT2D eigenvalue weighted by Crippen LogP contribution is 2.24. The standard InChI is InChI=1S/C22H29ClN6O/c1-25-22(27-12-8-16-5-2-3-7-19(16)23)28-15-18-6-4-11-26-21(18)29-13-9-17(10-14-29)20(24)30/h2-7,11,17H,8-10,12-15H2,1H3,(H2,24,30)(H2,25,27,28). The monoisotopic (exact) mass is 428 g/mol. The number of piperidine rings is 1. The van der Waals surface area contributed by atoms with Gasteiger partial charge in [-0.05, 0) is 37.0 Å². The van der Waals surface area contributed by atoms with Gasteiger partial charge in [0.2, 0.25) is 5.91 Å². The molecule has 0 aliphatic carbocycles. The van der Waals surface area contributed by atoms with Gasteiger partial charge in [0.15, 0.2) is 5.96 Å². The van der Waals surface area contributed by atoms with E-state index >= 15 is 0 Å². The number of nitrogens with two attached hydrogens (primary N) is 1. The number of guanidine groups is 1. The molecule has 160 valence electrons. The van der Waals surface area contributed by atoms with Crippen LogP contribution in [0.25, 0.3) is 0 Å². The molecule has 8 heteroatoms. The van der Waals surface area contributed by atoms with Gasteiger partial charge in [-0.15, -0.1) is 0 Å². The van der Waals surface area contributed by atoms with Crippen LogP contribution in [0.2, 0.25) is 5.02 Å². The summed E-state index contributed by atoms with van der Waals surface area (Å²) in [6, 6.07) is 11.9. The summed E-state index contributed by atoms with van der Waals surface area (Å²) in [5.74, 6) is 1.43. The number of carbonyl (C=O) groups excluding carboxylic acids is 1. The minimum atomic E-state index is -0.204. The van der Waals surface area contributed by atoms with Crippen molar-refractivity contribution in [1.82, 2.24) is 15.6 Å². The first-order valence-corrected chi connectivity index (χ1v) is 10.6. The first-order valence-electron chi connectivity index (χ1n) is 10.2. The Kier molecular flexibility index (Phi) is 7.90. The van der Waals surface area contributed by atoms with Crippen molar-refractivity contribution in [3.63, 3.8) is 0 Å². The quantitative estimate of drug-likeness (QED) is 0.464. The molecule has 0 atom stereocenters. The normalized spacial score (nSPS) is 15.1. The summed E-state index contributed by atoms with van der Waals surface area (Å²) in [6.45, 7) is 2.89. The number of hydrogen-bond acceptors (Lipinski definition) is 4. The van der Waals surface area contributed by atoms with Gasteiger partial charge in [-0.3, -0.25) is 9.79 Å². The Hall–Kier alpha value is -2.80. The molecule has 0 spiro atoms. The van der Waals surface area contributed by atoms with Gasteiger partial charge in [-0.1, -0.05) is 35.9 Å². The topological polar surface area (TPSA) is 95.6 Å². The molecule has 1 aromatic heterocycles. The number of pyridine rings is 1. The van der Waals surface area contributed by atoms with Crippen molar-refractivity contribution in [2.75, 3.05) is 31.6 Å². The first-order chi connectivity index (χ1) is 14.6. The second-order valence-electron chi connectivity index (χ2n) is 7.34. The van der Waals surface area contributed by atoms with E-state index in [0.717, 1.165) is 66.8 Å². The summed E-state index contributed by atoms with van der Waals surface area (Å²) in [5, 5.41) is 7.47. The molecule has 1 fully saturated rings. The molecular formula is C22H29ClN6O. The lowest BCUT2D eigenvalue weighted by molar-refractivity contribution is -0.122. The lowest BCUT2D eigenvalue weighted by Gasteiger charge is -2.32. The lowest BCUT2D eigenvalue weighted by atomic mass is 9.96. The fraction of sp³-hybridized carbons (Fsp3) is 0.409. The maximum atomic E-state index is 11.4. The highest BCUT2D eigenvalue weighted by Gasteiger charge is 2.24. The van der Waals surface area contributed by atoms with Crippen LogP contribution < -0.4 is 21.3 Å². The van der Waals surface area contributed by atoms with E-state index in [1.807, 2.05) is 30.3 Å². The van der Waals surface area contributed by atoms with E-state index in [4.69, 9.17) is 17.3 Å². The van der Waals surface area contributed by atoms with Gasteiger partial charge >= 0.3 is 0 Å². The van der Waals surface area contributed by atoms with Gasteiger partial charge in [0, 0.05) is 55.9 Å². The molecule has 1 aliphatic rings. The van der Waals surface area contributed by atoms with E-state index in [2.05, 4.69) is 31.6 Å². The van der Waals surface area contributed by atoms with Crippen LogP contribution in [0.4, 0.5) is 5.82 Å². The molecule has 1 aromatic carbocycles. The Morgan fingerprint density at radius 1 is 1.20 bits per heavy atom. The molecule has 3 rings (SSSR count). The van der Waals surface area contributed by atoms with Gasteiger partial charge < -0.3 is 21.3 Å². The number of carbonyl (C=O) groups is 1. The van der Waals surface area contributed by atoms with E-state index in [0.29, 0.717) is 6.54 Å². The predicted octanol–water partition coefficient (Wildman–Crippen LogP) is 2.34. The first kappa shape index (κ1) is 21.9. The highest BCUT2D eigenvalue weighted by atomic mass is 35.5. The van der Waals surface area contributed by atoms with Crippen LogP contribution in [0.15, 0.2) is 47.6 Å². The van der Waals surface area contributed by atoms with Gasteiger partial charge in [0.25, 0.3) is 0 Å². The lowest BCUT2D eigenvalue weighted by Crippen LogP contribution is -2.40. The number of hydrogen-bond donors (Lipinski definition) is 3. The number of anilines is 1. The zero-order valence-corrected chi connectivity index (χ0v) is 18.0. The number of aliphatic imine (C=N–C) groups is 1. The molecule has 0 unspecified atom stereocenters. The molecule has 0 radical (unpaired) electrons. The smallest absolute Gasteiger partial charge is 0.220 e. The Morgan fingerprint density at radius 2 is 1.93 bits per heavy atom. The number of nitrogens with one attached hydrogen (secondary N) is 2. The number of benzene rings is 1. The van der Waals surface area contributed by atoms with Crippen LogP contribution in [-0.2, 0) is 17.8 Å². The van der Waals surface area contributed by atoms with Crippen molar-refractivity contribution in [1.29, 1.82) is 0 Å². The summed E-state index contributed by atoms with van der Waals surface area (Å²) in [4.78, 5) is 22.5. The zero-order chi connectivity index (χ0) is 21.3. The molecular weight excluding hydrogens is 400 g/mol. The third-order valence-electron chi connectivity index (χ3n) is 5.38. The second kappa shape index (κ2) is 10.8. The Balaban J connectivity index is 1.53. The Labute approximate surface area is 182 Å². The molecule has 7 nitrogen and oxygen atoms in total. The molecule has 1 aliphatic heterocycles. The van der Waals surface area contributed by atoms with Crippen LogP contribution in [0.3, 0.4) is 0 Å². The Morgan fingerprint density at radius 3 is 2.63 bits per heavy atom. The van der Waals surface area contributed by atoms with E-state index in [1.54, 1.807) is 13.2 Å². The number of nitrogens with zero attached hydrogens (tertiary/aromatic N) is 3.